The Bertz CT molecular complexity index is 1050. The lowest BCUT2D eigenvalue weighted by Gasteiger charge is -2.44. The molecule has 0 aromatic rings. The second-order valence-corrected chi connectivity index (χ2v) is 13.3. The number of esters is 1. The van der Waals surface area contributed by atoms with Crippen molar-refractivity contribution >= 4 is 11.8 Å². The first-order valence-corrected chi connectivity index (χ1v) is 16.3. The SMILES string of the molecule is C=C1C(O)CC(=O)C(C)/C=C(/C)C[C@@H](O)[C@]2(O)O[C@H](CC[C@H]2O)CC(O)CCC(O)C(CCCC)OC(=O)C(C)C(O)C2OC12. The number of carbonyl (C=O) groups excluding carboxylic acids is 2. The first-order chi connectivity index (χ1) is 21.1. The van der Waals surface area contributed by atoms with Crippen LogP contribution in [0.3, 0.4) is 0 Å². The summed E-state index contributed by atoms with van der Waals surface area (Å²) in [6.07, 6.45) is -6.80. The molecule has 258 valence electrons. The van der Waals surface area contributed by atoms with Crippen LogP contribution in [0.4, 0.5) is 0 Å². The van der Waals surface area contributed by atoms with Crippen LogP contribution in [0.1, 0.15) is 91.9 Å². The smallest absolute Gasteiger partial charge is 0.311 e. The standard InChI is InChI=1S/C33H54O12/c1-6-7-8-26-23(35)11-9-21(34)15-22-10-12-27(38)33(42,45-22)28(39)14-17(2)13-18(3)24(36)16-25(37)19(4)30-31(44-30)29(40)20(5)32(41)43-26/h13,18,20-23,25-31,34-35,37-40,42H,4,6-12,14-16H2,1-3,5H3/b17-13-/t18?,20?,21?,22-,23?,25?,26?,27-,28-,29?,30?,31?,33-/m1/s1. The van der Waals surface area contributed by atoms with Crippen LogP contribution in [0.25, 0.3) is 0 Å². The van der Waals surface area contributed by atoms with Gasteiger partial charge in [0, 0.05) is 12.3 Å². The maximum Gasteiger partial charge on any atom is 0.311 e. The predicted molar refractivity (Wildman–Crippen MR) is 162 cm³/mol. The number of unbranched alkanes of at least 4 members (excludes halogenated alkanes) is 1. The zero-order valence-corrected chi connectivity index (χ0v) is 27.0. The molecule has 0 aliphatic carbocycles. The van der Waals surface area contributed by atoms with Crippen LogP contribution in [0.2, 0.25) is 0 Å². The topological polar surface area (TPSA) is 207 Å². The van der Waals surface area contributed by atoms with Crippen LogP contribution < -0.4 is 0 Å². The summed E-state index contributed by atoms with van der Waals surface area (Å²) < 4.78 is 17.0. The monoisotopic (exact) mass is 642 g/mol. The van der Waals surface area contributed by atoms with Crippen LogP contribution in [-0.4, -0.2) is 114 Å². The first-order valence-electron chi connectivity index (χ1n) is 16.3. The molecule has 2 fully saturated rings. The normalized spacial score (nSPS) is 44.6. The van der Waals surface area contributed by atoms with Crippen molar-refractivity contribution < 1.29 is 59.5 Å². The molecule has 0 spiro atoms. The van der Waals surface area contributed by atoms with Crippen molar-refractivity contribution in [1.82, 2.24) is 0 Å². The fourth-order valence-corrected chi connectivity index (χ4v) is 6.23. The summed E-state index contributed by atoms with van der Waals surface area (Å²) in [7, 11) is 0. The van der Waals surface area contributed by atoms with Crippen molar-refractivity contribution in [3.05, 3.63) is 23.8 Å². The number of rotatable bonds is 3. The van der Waals surface area contributed by atoms with Gasteiger partial charge in [-0.05, 0) is 70.8 Å². The fraction of sp³-hybridized carbons (Fsp3) is 0.818. The van der Waals surface area contributed by atoms with Gasteiger partial charge in [0.1, 0.15) is 36.3 Å². The van der Waals surface area contributed by atoms with E-state index in [9.17, 15) is 45.3 Å². The predicted octanol–water partition coefficient (Wildman–Crippen LogP) is 1.20. The number of Topliss-reactive ketones (excluding diaryl/α,β-unsaturated/α-hetero) is 1. The van der Waals surface area contributed by atoms with Gasteiger partial charge in [0.2, 0.25) is 5.79 Å². The minimum atomic E-state index is -2.30. The zero-order valence-electron chi connectivity index (χ0n) is 27.0. The number of allylic oxidation sites excluding steroid dienone is 1. The number of carbonyl (C=O) groups is 2. The van der Waals surface area contributed by atoms with Gasteiger partial charge in [0.15, 0.2) is 0 Å². The van der Waals surface area contributed by atoms with Crippen LogP contribution in [0.5, 0.6) is 0 Å². The molecule has 3 aliphatic rings. The van der Waals surface area contributed by atoms with Gasteiger partial charge in [-0.25, -0.2) is 0 Å². The van der Waals surface area contributed by atoms with Gasteiger partial charge in [0.05, 0.1) is 36.4 Å². The molecule has 13 atom stereocenters. The molecule has 3 aliphatic heterocycles. The fourth-order valence-electron chi connectivity index (χ4n) is 6.23. The Morgan fingerprint density at radius 1 is 0.978 bits per heavy atom. The molecular formula is C33H54O12. The van der Waals surface area contributed by atoms with E-state index in [0.29, 0.717) is 24.8 Å². The molecule has 9 unspecified atom stereocenters. The number of aliphatic hydroxyl groups is 7. The molecule has 3 heterocycles. The molecule has 0 aromatic heterocycles. The van der Waals surface area contributed by atoms with Gasteiger partial charge in [0.25, 0.3) is 0 Å². The molecule has 7 N–H and O–H groups in total. The van der Waals surface area contributed by atoms with Crippen molar-refractivity contribution in [2.24, 2.45) is 11.8 Å². The van der Waals surface area contributed by atoms with Crippen LogP contribution in [0.15, 0.2) is 23.8 Å². The van der Waals surface area contributed by atoms with E-state index in [4.69, 9.17) is 14.2 Å². The highest BCUT2D eigenvalue weighted by Gasteiger charge is 2.51. The molecule has 0 amide bonds. The largest absolute Gasteiger partial charge is 0.459 e. The Kier molecular flexibility index (Phi) is 13.7. The number of aliphatic hydroxyl groups excluding tert-OH is 6. The quantitative estimate of drug-likeness (QED) is 0.132. The maximum atomic E-state index is 13.0. The summed E-state index contributed by atoms with van der Waals surface area (Å²) in [5, 5.41) is 76.0. The highest BCUT2D eigenvalue weighted by atomic mass is 16.7. The summed E-state index contributed by atoms with van der Waals surface area (Å²) in [5.41, 5.74) is 0.750. The van der Waals surface area contributed by atoms with Crippen LogP contribution >= 0.6 is 0 Å². The van der Waals surface area contributed by atoms with Gasteiger partial charge in [-0.15, -0.1) is 0 Å². The van der Waals surface area contributed by atoms with E-state index >= 15 is 0 Å². The molecular weight excluding hydrogens is 588 g/mol. The first kappa shape index (κ1) is 37.7. The third-order valence-electron chi connectivity index (χ3n) is 9.43. The molecule has 0 aromatic carbocycles. The zero-order chi connectivity index (χ0) is 33.6. The van der Waals surface area contributed by atoms with Crippen molar-refractivity contribution in [3.8, 4) is 0 Å². The Morgan fingerprint density at radius 2 is 1.67 bits per heavy atom. The Morgan fingerprint density at radius 3 is 2.33 bits per heavy atom. The van der Waals surface area contributed by atoms with E-state index in [-0.39, 0.29) is 49.9 Å². The second-order valence-electron chi connectivity index (χ2n) is 13.3. The molecule has 3 rings (SSSR count). The minimum absolute atomic E-state index is 0.0770. The van der Waals surface area contributed by atoms with E-state index in [1.165, 1.54) is 6.92 Å². The number of ether oxygens (including phenoxy) is 3. The summed E-state index contributed by atoms with van der Waals surface area (Å²) in [5.74, 6) is -5.02. The van der Waals surface area contributed by atoms with E-state index < -0.39 is 84.6 Å². The Hall–Kier alpha value is -1.74. The lowest BCUT2D eigenvalue weighted by atomic mass is 9.88. The lowest BCUT2D eigenvalue weighted by molar-refractivity contribution is -0.337. The third kappa shape index (κ3) is 9.88. The average Bonchev–Trinajstić information content (AvgIpc) is 3.78. The van der Waals surface area contributed by atoms with Gasteiger partial charge >= 0.3 is 5.97 Å². The third-order valence-corrected chi connectivity index (χ3v) is 9.43. The van der Waals surface area contributed by atoms with E-state index in [0.717, 1.165) is 6.42 Å². The molecule has 2 saturated heterocycles. The molecule has 12 nitrogen and oxygen atoms in total. The summed E-state index contributed by atoms with van der Waals surface area (Å²) in [6, 6.07) is 0. The molecule has 2 bridgehead atoms. The van der Waals surface area contributed by atoms with Gasteiger partial charge in [-0.3, -0.25) is 9.59 Å². The lowest BCUT2D eigenvalue weighted by Crippen LogP contribution is -2.59. The van der Waals surface area contributed by atoms with Crippen molar-refractivity contribution in [2.75, 3.05) is 0 Å². The number of cyclic esters (lactones) is 1. The number of hydrogen-bond acceptors (Lipinski definition) is 12. The van der Waals surface area contributed by atoms with Crippen molar-refractivity contribution in [1.29, 1.82) is 0 Å². The molecule has 0 radical (unpaired) electrons. The Labute approximate surface area is 265 Å². The molecule has 45 heavy (non-hydrogen) atoms. The molecule has 12 heteroatoms. The van der Waals surface area contributed by atoms with Gasteiger partial charge in [-0.1, -0.05) is 38.5 Å². The molecule has 0 saturated carbocycles. The van der Waals surface area contributed by atoms with E-state index in [1.807, 2.05) is 6.92 Å². The highest BCUT2D eigenvalue weighted by molar-refractivity contribution is 5.83. The van der Waals surface area contributed by atoms with Gasteiger partial charge < -0.3 is 50.0 Å². The highest BCUT2D eigenvalue weighted by Crippen LogP contribution is 2.37. The summed E-state index contributed by atoms with van der Waals surface area (Å²) in [4.78, 5) is 26.0. The van der Waals surface area contributed by atoms with E-state index in [2.05, 4.69) is 6.58 Å². The summed E-state index contributed by atoms with van der Waals surface area (Å²) >= 11 is 0. The van der Waals surface area contributed by atoms with Crippen molar-refractivity contribution in [2.45, 2.75) is 159 Å². The number of hydrogen-bond donors (Lipinski definition) is 7. The minimum Gasteiger partial charge on any atom is -0.459 e. The number of fused-ring (bicyclic) bond motifs is 3. The average molecular weight is 643 g/mol. The second kappa shape index (κ2) is 16.4. The Balaban J connectivity index is 1.82. The van der Waals surface area contributed by atoms with Gasteiger partial charge in [-0.2, -0.15) is 0 Å². The maximum absolute atomic E-state index is 13.0. The van der Waals surface area contributed by atoms with Crippen LogP contribution in [0, 0.1) is 11.8 Å². The number of epoxide rings is 1. The van der Waals surface area contributed by atoms with Crippen molar-refractivity contribution in [3.63, 3.8) is 0 Å². The summed E-state index contributed by atoms with van der Waals surface area (Å²) in [6.45, 7) is 10.6. The van der Waals surface area contributed by atoms with Crippen LogP contribution in [-0.2, 0) is 23.8 Å². The van der Waals surface area contributed by atoms with E-state index in [1.54, 1.807) is 19.9 Å². The number of ketones is 1.